The molecule has 2 aromatic carbocycles. The first kappa shape index (κ1) is 16.8. The average Bonchev–Trinajstić information content (AvgIpc) is 3.02. The maximum Gasteiger partial charge on any atom is 0.414 e. The molecule has 0 spiro atoms. The molecule has 1 aliphatic rings. The molecular formula is C19H21N3O3. The number of ether oxygens (including phenoxy) is 1. The fourth-order valence-corrected chi connectivity index (χ4v) is 2.73. The number of amides is 3. The molecule has 25 heavy (non-hydrogen) atoms. The Balaban J connectivity index is 1.62. The zero-order chi connectivity index (χ0) is 17.9. The monoisotopic (exact) mass is 339 g/mol. The second kappa shape index (κ2) is 6.84. The van der Waals surface area contributed by atoms with Gasteiger partial charge in [-0.3, -0.25) is 4.90 Å². The molecule has 3 rings (SSSR count). The Kier molecular flexibility index (Phi) is 4.61. The summed E-state index contributed by atoms with van der Waals surface area (Å²) in [7, 11) is 0. The molecule has 0 saturated carbocycles. The van der Waals surface area contributed by atoms with E-state index < -0.39 is 5.54 Å². The average molecular weight is 339 g/mol. The lowest BCUT2D eigenvalue weighted by atomic mass is 9.95. The summed E-state index contributed by atoms with van der Waals surface area (Å²) in [5, 5.41) is 5.78. The van der Waals surface area contributed by atoms with Gasteiger partial charge in [0, 0.05) is 11.4 Å². The van der Waals surface area contributed by atoms with Crippen LogP contribution in [-0.4, -0.2) is 25.3 Å². The van der Waals surface area contributed by atoms with Crippen molar-refractivity contribution in [2.24, 2.45) is 0 Å². The summed E-state index contributed by atoms with van der Waals surface area (Å²) in [6, 6.07) is 16.6. The summed E-state index contributed by atoms with van der Waals surface area (Å²) in [5.41, 5.74) is 1.92. The van der Waals surface area contributed by atoms with Crippen LogP contribution in [0.2, 0.25) is 0 Å². The van der Waals surface area contributed by atoms with Gasteiger partial charge >= 0.3 is 12.1 Å². The Morgan fingerprint density at radius 1 is 1.08 bits per heavy atom. The number of benzene rings is 2. The van der Waals surface area contributed by atoms with Gasteiger partial charge in [-0.2, -0.15) is 0 Å². The summed E-state index contributed by atoms with van der Waals surface area (Å²) in [6.45, 7) is 4.83. The van der Waals surface area contributed by atoms with E-state index in [2.05, 4.69) is 10.6 Å². The van der Waals surface area contributed by atoms with E-state index in [-0.39, 0.29) is 12.1 Å². The van der Waals surface area contributed by atoms with Crippen molar-refractivity contribution in [3.8, 4) is 0 Å². The number of cyclic esters (lactones) is 1. The van der Waals surface area contributed by atoms with E-state index in [1.54, 1.807) is 29.2 Å². The van der Waals surface area contributed by atoms with Crippen LogP contribution in [-0.2, 0) is 10.3 Å². The lowest BCUT2D eigenvalue weighted by molar-refractivity contribution is 0.181. The fraction of sp³-hybridized carbons (Fsp3) is 0.263. The molecule has 2 aromatic rings. The van der Waals surface area contributed by atoms with Crippen LogP contribution in [0.25, 0.3) is 0 Å². The molecule has 1 fully saturated rings. The molecule has 0 unspecified atom stereocenters. The number of nitrogens with one attached hydrogen (secondary N) is 2. The van der Waals surface area contributed by atoms with E-state index in [0.717, 1.165) is 11.3 Å². The number of hydrogen-bond acceptors (Lipinski definition) is 3. The van der Waals surface area contributed by atoms with Crippen LogP contribution >= 0.6 is 0 Å². The number of carbonyl (C=O) groups is 2. The topological polar surface area (TPSA) is 70.7 Å². The van der Waals surface area contributed by atoms with Crippen molar-refractivity contribution in [1.82, 2.24) is 5.32 Å². The van der Waals surface area contributed by atoms with Crippen LogP contribution < -0.4 is 15.5 Å². The van der Waals surface area contributed by atoms with Gasteiger partial charge in [0.15, 0.2) is 0 Å². The summed E-state index contributed by atoms with van der Waals surface area (Å²) >= 11 is 0. The maximum absolute atomic E-state index is 12.3. The Labute approximate surface area is 146 Å². The number of urea groups is 1. The molecule has 6 nitrogen and oxygen atoms in total. The number of carbonyl (C=O) groups excluding carboxylic acids is 2. The lowest BCUT2D eigenvalue weighted by Crippen LogP contribution is -2.43. The van der Waals surface area contributed by atoms with Crippen LogP contribution in [0, 0.1) is 0 Å². The highest BCUT2D eigenvalue weighted by atomic mass is 16.6. The SMILES string of the molecule is CC(C)(NC(=O)Nc1ccc(N2CCOC2=O)cc1)c1ccccc1. The summed E-state index contributed by atoms with van der Waals surface area (Å²) in [6.07, 6.45) is -0.344. The normalized spacial score (nSPS) is 14.2. The van der Waals surface area contributed by atoms with E-state index in [4.69, 9.17) is 4.74 Å². The van der Waals surface area contributed by atoms with Gasteiger partial charge in [-0.25, -0.2) is 9.59 Å². The van der Waals surface area contributed by atoms with Gasteiger partial charge in [0.2, 0.25) is 0 Å². The van der Waals surface area contributed by atoms with Crippen LogP contribution in [0.4, 0.5) is 21.0 Å². The van der Waals surface area contributed by atoms with Gasteiger partial charge in [0.05, 0.1) is 12.1 Å². The quantitative estimate of drug-likeness (QED) is 0.892. The predicted molar refractivity (Wildman–Crippen MR) is 96.8 cm³/mol. The number of nitrogens with zero attached hydrogens (tertiary/aromatic N) is 1. The van der Waals surface area contributed by atoms with Gasteiger partial charge in [-0.15, -0.1) is 0 Å². The highest BCUT2D eigenvalue weighted by molar-refractivity contribution is 5.92. The molecule has 130 valence electrons. The second-order valence-corrected chi connectivity index (χ2v) is 6.38. The predicted octanol–water partition coefficient (Wildman–Crippen LogP) is 3.70. The third-order valence-electron chi connectivity index (χ3n) is 4.12. The molecule has 0 bridgehead atoms. The second-order valence-electron chi connectivity index (χ2n) is 6.38. The highest BCUT2D eigenvalue weighted by Gasteiger charge is 2.24. The molecule has 1 saturated heterocycles. The molecule has 0 aliphatic carbocycles. The van der Waals surface area contributed by atoms with Crippen LogP contribution in [0.3, 0.4) is 0 Å². The van der Waals surface area contributed by atoms with Crippen molar-refractivity contribution in [3.05, 3.63) is 60.2 Å². The van der Waals surface area contributed by atoms with Gasteiger partial charge in [-0.1, -0.05) is 30.3 Å². The van der Waals surface area contributed by atoms with E-state index in [0.29, 0.717) is 18.8 Å². The molecule has 6 heteroatoms. The third-order valence-corrected chi connectivity index (χ3v) is 4.12. The summed E-state index contributed by atoms with van der Waals surface area (Å²) in [4.78, 5) is 25.4. The molecule has 0 atom stereocenters. The minimum atomic E-state index is -0.495. The molecule has 0 aromatic heterocycles. The minimum absolute atomic E-state index is 0.290. The molecule has 1 heterocycles. The largest absolute Gasteiger partial charge is 0.447 e. The zero-order valence-corrected chi connectivity index (χ0v) is 14.3. The molecule has 1 aliphatic heterocycles. The molecule has 2 N–H and O–H groups in total. The Morgan fingerprint density at radius 2 is 1.76 bits per heavy atom. The van der Waals surface area contributed by atoms with E-state index in [1.165, 1.54) is 0 Å². The number of rotatable bonds is 4. The Morgan fingerprint density at radius 3 is 2.36 bits per heavy atom. The van der Waals surface area contributed by atoms with Crippen molar-refractivity contribution in [1.29, 1.82) is 0 Å². The Hall–Kier alpha value is -3.02. The summed E-state index contributed by atoms with van der Waals surface area (Å²) < 4.78 is 4.92. The fourth-order valence-electron chi connectivity index (χ4n) is 2.73. The molecular weight excluding hydrogens is 318 g/mol. The maximum atomic E-state index is 12.3. The van der Waals surface area contributed by atoms with Crippen molar-refractivity contribution in [2.45, 2.75) is 19.4 Å². The minimum Gasteiger partial charge on any atom is -0.447 e. The van der Waals surface area contributed by atoms with Crippen molar-refractivity contribution >= 4 is 23.5 Å². The first-order chi connectivity index (χ1) is 12.0. The zero-order valence-electron chi connectivity index (χ0n) is 14.3. The van der Waals surface area contributed by atoms with Crippen molar-refractivity contribution in [3.63, 3.8) is 0 Å². The van der Waals surface area contributed by atoms with Gasteiger partial charge < -0.3 is 15.4 Å². The lowest BCUT2D eigenvalue weighted by Gasteiger charge is -2.27. The molecule has 3 amide bonds. The van der Waals surface area contributed by atoms with Crippen molar-refractivity contribution in [2.75, 3.05) is 23.4 Å². The van der Waals surface area contributed by atoms with Crippen LogP contribution in [0.15, 0.2) is 54.6 Å². The highest BCUT2D eigenvalue weighted by Crippen LogP contribution is 2.22. The first-order valence-corrected chi connectivity index (χ1v) is 8.15. The smallest absolute Gasteiger partial charge is 0.414 e. The van der Waals surface area contributed by atoms with Crippen LogP contribution in [0.1, 0.15) is 19.4 Å². The first-order valence-electron chi connectivity index (χ1n) is 8.15. The van der Waals surface area contributed by atoms with E-state index >= 15 is 0 Å². The van der Waals surface area contributed by atoms with E-state index in [9.17, 15) is 9.59 Å². The standard InChI is InChI=1S/C19H21N3O3/c1-19(2,14-6-4-3-5-7-14)21-17(23)20-15-8-10-16(11-9-15)22-12-13-25-18(22)24/h3-11H,12-13H2,1-2H3,(H2,20,21,23). The van der Waals surface area contributed by atoms with Gasteiger partial charge in [0.25, 0.3) is 0 Å². The summed E-state index contributed by atoms with van der Waals surface area (Å²) in [5.74, 6) is 0. The van der Waals surface area contributed by atoms with Crippen LogP contribution in [0.5, 0.6) is 0 Å². The third kappa shape index (κ3) is 3.91. The van der Waals surface area contributed by atoms with E-state index in [1.807, 2.05) is 44.2 Å². The number of anilines is 2. The number of hydrogen-bond donors (Lipinski definition) is 2. The molecule has 0 radical (unpaired) electrons. The van der Waals surface area contributed by atoms with Gasteiger partial charge in [-0.05, 0) is 43.7 Å². The Bertz CT molecular complexity index is 757. The van der Waals surface area contributed by atoms with Crippen molar-refractivity contribution < 1.29 is 14.3 Å². The van der Waals surface area contributed by atoms with Gasteiger partial charge in [0.1, 0.15) is 6.61 Å².